The number of hydrogen-bond acceptors (Lipinski definition) is 3. The average Bonchev–Trinajstić information content (AvgIpc) is 2.72. The van der Waals surface area contributed by atoms with Crippen molar-refractivity contribution in [2.45, 2.75) is 50.7 Å². The lowest BCUT2D eigenvalue weighted by Crippen LogP contribution is -2.45. The van der Waals surface area contributed by atoms with Crippen LogP contribution in [0.2, 0.25) is 0 Å². The van der Waals surface area contributed by atoms with Crippen LogP contribution in [0.4, 0.5) is 0 Å². The maximum absolute atomic E-state index is 11.4. The van der Waals surface area contributed by atoms with E-state index in [1.807, 2.05) is 0 Å². The smallest absolute Gasteiger partial charge is 0.312 e. The summed E-state index contributed by atoms with van der Waals surface area (Å²) < 4.78 is 5.53. The molecule has 0 spiro atoms. The molecule has 4 nitrogen and oxygen atoms in total. The molecule has 0 amide bonds. The molecule has 2 rings (SSSR count). The van der Waals surface area contributed by atoms with Crippen LogP contribution in [0.15, 0.2) is 0 Å². The van der Waals surface area contributed by atoms with E-state index in [0.29, 0.717) is 32.3 Å². The standard InChI is InChI=1S/C11H18O4/c12-8-3-5-11(6-4-8,10(13)14)9-2-1-7-15-9/h8-9,12H,1-7H2,(H,13,14). The highest BCUT2D eigenvalue weighted by molar-refractivity contribution is 5.75. The van der Waals surface area contributed by atoms with Gasteiger partial charge in [-0.2, -0.15) is 0 Å². The van der Waals surface area contributed by atoms with Gasteiger partial charge in [-0.25, -0.2) is 0 Å². The quantitative estimate of drug-likeness (QED) is 0.724. The molecule has 0 aromatic carbocycles. The number of aliphatic carboxylic acids is 1. The molecule has 1 heterocycles. The molecular weight excluding hydrogens is 196 g/mol. The van der Waals surface area contributed by atoms with Crippen LogP contribution >= 0.6 is 0 Å². The number of carboxylic acid groups (broad SMARTS) is 1. The van der Waals surface area contributed by atoms with Gasteiger partial charge in [0, 0.05) is 6.61 Å². The Morgan fingerprint density at radius 3 is 2.40 bits per heavy atom. The minimum absolute atomic E-state index is 0.137. The van der Waals surface area contributed by atoms with Crippen LogP contribution in [0, 0.1) is 5.41 Å². The summed E-state index contributed by atoms with van der Waals surface area (Å²) in [6.07, 6.45) is 3.63. The third kappa shape index (κ3) is 1.88. The van der Waals surface area contributed by atoms with E-state index in [-0.39, 0.29) is 12.2 Å². The number of aliphatic hydroxyl groups excluding tert-OH is 1. The molecule has 1 aliphatic heterocycles. The second-order valence-electron chi connectivity index (χ2n) is 4.69. The molecular formula is C11H18O4. The second kappa shape index (κ2) is 4.10. The fraction of sp³-hybridized carbons (Fsp3) is 0.909. The maximum atomic E-state index is 11.4. The molecule has 1 atom stereocenters. The molecule has 0 aromatic heterocycles. The van der Waals surface area contributed by atoms with Crippen LogP contribution < -0.4 is 0 Å². The van der Waals surface area contributed by atoms with Crippen molar-refractivity contribution in [1.82, 2.24) is 0 Å². The van der Waals surface area contributed by atoms with Crippen molar-refractivity contribution in [3.8, 4) is 0 Å². The van der Waals surface area contributed by atoms with E-state index in [4.69, 9.17) is 4.74 Å². The van der Waals surface area contributed by atoms with Gasteiger partial charge >= 0.3 is 5.97 Å². The molecule has 0 bridgehead atoms. The first-order valence-corrected chi connectivity index (χ1v) is 5.68. The summed E-state index contributed by atoms with van der Waals surface area (Å²) in [5.41, 5.74) is -0.726. The maximum Gasteiger partial charge on any atom is 0.312 e. The number of rotatable bonds is 2. The van der Waals surface area contributed by atoms with Crippen LogP contribution in [0.5, 0.6) is 0 Å². The van der Waals surface area contributed by atoms with E-state index in [2.05, 4.69) is 0 Å². The van der Waals surface area contributed by atoms with Gasteiger partial charge in [-0.1, -0.05) is 0 Å². The molecule has 2 fully saturated rings. The van der Waals surface area contributed by atoms with Crippen LogP contribution in [0.3, 0.4) is 0 Å². The fourth-order valence-electron chi connectivity index (χ4n) is 2.80. The molecule has 0 radical (unpaired) electrons. The molecule has 0 aromatic rings. The largest absolute Gasteiger partial charge is 0.481 e. The zero-order valence-electron chi connectivity index (χ0n) is 8.82. The summed E-state index contributed by atoms with van der Waals surface area (Å²) in [5, 5.41) is 18.8. The molecule has 2 aliphatic rings. The summed E-state index contributed by atoms with van der Waals surface area (Å²) in [5.74, 6) is -0.749. The van der Waals surface area contributed by atoms with Crippen LogP contribution in [0.25, 0.3) is 0 Å². The molecule has 1 unspecified atom stereocenters. The Balaban J connectivity index is 2.13. The highest BCUT2D eigenvalue weighted by Crippen LogP contribution is 2.44. The lowest BCUT2D eigenvalue weighted by molar-refractivity contribution is -0.163. The lowest BCUT2D eigenvalue weighted by Gasteiger charge is -2.39. The van der Waals surface area contributed by atoms with Gasteiger partial charge in [0.2, 0.25) is 0 Å². The summed E-state index contributed by atoms with van der Waals surface area (Å²) in [7, 11) is 0. The van der Waals surface area contributed by atoms with Gasteiger partial charge in [0.25, 0.3) is 0 Å². The number of aliphatic hydroxyl groups is 1. The van der Waals surface area contributed by atoms with Crippen molar-refractivity contribution in [2.24, 2.45) is 5.41 Å². The van der Waals surface area contributed by atoms with Gasteiger partial charge in [-0.3, -0.25) is 4.79 Å². The molecule has 1 aliphatic carbocycles. The second-order valence-corrected chi connectivity index (χ2v) is 4.69. The van der Waals surface area contributed by atoms with Crippen molar-refractivity contribution in [2.75, 3.05) is 6.61 Å². The summed E-state index contributed by atoms with van der Waals surface area (Å²) in [6, 6.07) is 0. The summed E-state index contributed by atoms with van der Waals surface area (Å²) in [4.78, 5) is 11.4. The van der Waals surface area contributed by atoms with Crippen LogP contribution in [0.1, 0.15) is 38.5 Å². The molecule has 1 saturated heterocycles. The van der Waals surface area contributed by atoms with E-state index in [1.54, 1.807) is 0 Å². The number of carbonyl (C=O) groups is 1. The van der Waals surface area contributed by atoms with Crippen LogP contribution in [-0.4, -0.2) is 35.0 Å². The fourth-order valence-corrected chi connectivity index (χ4v) is 2.80. The first-order chi connectivity index (χ1) is 7.15. The Bertz CT molecular complexity index is 237. The van der Waals surface area contributed by atoms with E-state index in [0.717, 1.165) is 12.8 Å². The molecule has 1 saturated carbocycles. The van der Waals surface area contributed by atoms with Gasteiger partial charge in [0.1, 0.15) is 0 Å². The highest BCUT2D eigenvalue weighted by Gasteiger charge is 2.49. The Labute approximate surface area is 89.2 Å². The van der Waals surface area contributed by atoms with Crippen LogP contribution in [-0.2, 0) is 9.53 Å². The average molecular weight is 214 g/mol. The Morgan fingerprint density at radius 1 is 1.27 bits per heavy atom. The topological polar surface area (TPSA) is 66.8 Å². The van der Waals surface area contributed by atoms with Gasteiger partial charge in [-0.15, -0.1) is 0 Å². The first kappa shape index (κ1) is 10.9. The monoisotopic (exact) mass is 214 g/mol. The van der Waals surface area contributed by atoms with Gasteiger partial charge in [-0.05, 0) is 38.5 Å². The van der Waals surface area contributed by atoms with Crippen molar-refractivity contribution < 1.29 is 19.7 Å². The minimum atomic E-state index is -0.749. The molecule has 4 heteroatoms. The minimum Gasteiger partial charge on any atom is -0.481 e. The first-order valence-electron chi connectivity index (χ1n) is 5.68. The van der Waals surface area contributed by atoms with E-state index in [1.165, 1.54) is 0 Å². The van der Waals surface area contributed by atoms with Crippen molar-refractivity contribution in [3.63, 3.8) is 0 Å². The third-order valence-electron chi connectivity index (χ3n) is 3.82. The lowest BCUT2D eigenvalue weighted by atomic mass is 9.69. The number of ether oxygens (including phenoxy) is 1. The Morgan fingerprint density at radius 2 is 1.93 bits per heavy atom. The molecule has 86 valence electrons. The van der Waals surface area contributed by atoms with E-state index >= 15 is 0 Å². The predicted octanol–water partition coefficient (Wildman–Crippen LogP) is 1.17. The Hall–Kier alpha value is -0.610. The SMILES string of the molecule is O=C(O)C1(C2CCCO2)CCC(O)CC1. The van der Waals surface area contributed by atoms with E-state index in [9.17, 15) is 15.0 Å². The normalized spacial score (nSPS) is 41.7. The summed E-state index contributed by atoms with van der Waals surface area (Å²) in [6.45, 7) is 0.683. The predicted molar refractivity (Wildman–Crippen MR) is 53.5 cm³/mol. The zero-order valence-corrected chi connectivity index (χ0v) is 8.82. The molecule has 2 N–H and O–H groups in total. The number of carboxylic acids is 1. The third-order valence-corrected chi connectivity index (χ3v) is 3.82. The number of hydrogen-bond donors (Lipinski definition) is 2. The van der Waals surface area contributed by atoms with Gasteiger partial charge in [0.05, 0.1) is 17.6 Å². The summed E-state index contributed by atoms with van der Waals surface area (Å²) >= 11 is 0. The zero-order chi connectivity index (χ0) is 10.9. The van der Waals surface area contributed by atoms with Crippen molar-refractivity contribution in [3.05, 3.63) is 0 Å². The van der Waals surface area contributed by atoms with Crippen molar-refractivity contribution >= 4 is 5.97 Å². The van der Waals surface area contributed by atoms with Gasteiger partial charge < -0.3 is 14.9 Å². The Kier molecular flexibility index (Phi) is 2.98. The van der Waals surface area contributed by atoms with E-state index < -0.39 is 11.4 Å². The van der Waals surface area contributed by atoms with Crippen molar-refractivity contribution in [1.29, 1.82) is 0 Å². The molecule has 15 heavy (non-hydrogen) atoms. The van der Waals surface area contributed by atoms with Gasteiger partial charge in [0.15, 0.2) is 0 Å². The highest BCUT2D eigenvalue weighted by atomic mass is 16.5.